The second kappa shape index (κ2) is 23.0. The van der Waals surface area contributed by atoms with Crippen molar-refractivity contribution in [2.75, 3.05) is 38.7 Å². The minimum atomic E-state index is -3.99. The first kappa shape index (κ1) is 36.8. The Morgan fingerprint density at radius 2 is 1.19 bits per heavy atom. The normalized spacial score (nSPS) is 11.3. The Morgan fingerprint density at radius 1 is 0.781 bits per heavy atom. The van der Waals surface area contributed by atoms with Gasteiger partial charge < -0.3 is 10.2 Å². The van der Waals surface area contributed by atoms with E-state index in [0.29, 0.717) is 13.0 Å². The number of carbonyl (C=O) groups excluding carboxylic acids is 1. The molecule has 9 nitrogen and oxygen atoms in total. The molecule has 189 valence electrons. The topological polar surface area (TPSA) is 141 Å². The van der Waals surface area contributed by atoms with Gasteiger partial charge in [-0.1, -0.05) is 71.1 Å². The Kier molecular flexibility index (Phi) is 26.5. The molecule has 0 aromatic rings. The van der Waals surface area contributed by atoms with Gasteiger partial charge >= 0.3 is 0 Å². The Bertz CT molecular complexity index is 644. The van der Waals surface area contributed by atoms with Gasteiger partial charge in [-0.3, -0.25) is 13.9 Å². The zero-order chi connectivity index (χ0) is 24.2. The van der Waals surface area contributed by atoms with Gasteiger partial charge in [0, 0.05) is 56.1 Å². The summed E-state index contributed by atoms with van der Waals surface area (Å²) in [5, 5.41) is 2.59. The number of carbonyl (C=O) groups is 1. The average molecular weight is 512 g/mol. The van der Waals surface area contributed by atoms with Crippen molar-refractivity contribution in [1.82, 2.24) is 10.2 Å². The number of hydrogen-bond donors (Lipinski definition) is 3. The summed E-state index contributed by atoms with van der Waals surface area (Å²) in [5.74, 6) is -0.665. The van der Waals surface area contributed by atoms with Gasteiger partial charge in [0.2, 0.25) is 5.91 Å². The molecule has 0 atom stereocenters. The molecule has 32 heavy (non-hydrogen) atoms. The molecule has 0 aromatic heterocycles. The van der Waals surface area contributed by atoms with E-state index in [1.807, 2.05) is 0 Å². The number of hydrogen-bond acceptors (Lipinski definition) is 6. The van der Waals surface area contributed by atoms with Gasteiger partial charge in [0.15, 0.2) is 0 Å². The van der Waals surface area contributed by atoms with Crippen LogP contribution in [-0.2, 0) is 25.0 Å². The van der Waals surface area contributed by atoms with Crippen molar-refractivity contribution in [2.45, 2.75) is 84.0 Å². The van der Waals surface area contributed by atoms with E-state index in [4.69, 9.17) is 9.11 Å². The van der Waals surface area contributed by atoms with Crippen molar-refractivity contribution in [3.63, 3.8) is 0 Å². The molecule has 0 heterocycles. The fourth-order valence-electron chi connectivity index (χ4n) is 2.74. The third-order valence-electron chi connectivity index (χ3n) is 4.71. The Balaban J connectivity index is -0.000000793. The van der Waals surface area contributed by atoms with Gasteiger partial charge in [0.1, 0.15) is 0 Å². The SMILES string of the molecule is CCCCCCCCCCCCCC(=O)N(C)CCS(=O)(=O)O.CNCCS(=O)(=O)O.[Na]. The van der Waals surface area contributed by atoms with Crippen LogP contribution in [0.3, 0.4) is 0 Å². The van der Waals surface area contributed by atoms with Crippen LogP contribution in [0.25, 0.3) is 0 Å². The third-order valence-corrected chi connectivity index (χ3v) is 6.13. The number of nitrogens with one attached hydrogen (secondary N) is 1. The van der Waals surface area contributed by atoms with Gasteiger partial charge in [-0.2, -0.15) is 16.8 Å². The second-order valence-corrected chi connectivity index (χ2v) is 10.9. The molecule has 0 saturated carbocycles. The summed E-state index contributed by atoms with van der Waals surface area (Å²) in [7, 11) is -4.55. The Labute approximate surface area is 218 Å². The molecule has 3 N–H and O–H groups in total. The quantitative estimate of drug-likeness (QED) is 0.145. The number of rotatable bonds is 18. The molecule has 0 spiro atoms. The maximum atomic E-state index is 11.8. The summed E-state index contributed by atoms with van der Waals surface area (Å²) in [6.45, 7) is 2.57. The first-order chi connectivity index (χ1) is 14.4. The number of unbranched alkanes of at least 4 members (excludes halogenated alkanes) is 10. The fraction of sp³-hybridized carbons (Fsp3) is 0.950. The van der Waals surface area contributed by atoms with E-state index < -0.39 is 26.0 Å². The summed E-state index contributed by atoms with van der Waals surface area (Å²) in [6, 6.07) is 0. The largest absolute Gasteiger partial charge is 0.345 e. The minimum absolute atomic E-state index is 0. The molecular weight excluding hydrogens is 467 g/mol. The summed E-state index contributed by atoms with van der Waals surface area (Å²) in [5.41, 5.74) is 0. The van der Waals surface area contributed by atoms with Crippen molar-refractivity contribution in [2.24, 2.45) is 0 Å². The van der Waals surface area contributed by atoms with E-state index in [-0.39, 0.29) is 47.8 Å². The summed E-state index contributed by atoms with van der Waals surface area (Å²) in [6.07, 6.45) is 14.1. The number of nitrogens with zero attached hydrogens (tertiary/aromatic N) is 1. The summed E-state index contributed by atoms with van der Waals surface area (Å²) in [4.78, 5) is 13.1. The van der Waals surface area contributed by atoms with Crippen LogP contribution in [0.4, 0.5) is 0 Å². The van der Waals surface area contributed by atoms with Crippen LogP contribution in [0, 0.1) is 0 Å². The van der Waals surface area contributed by atoms with E-state index in [9.17, 15) is 21.6 Å². The van der Waals surface area contributed by atoms with Crippen molar-refractivity contribution >= 4 is 55.7 Å². The summed E-state index contributed by atoms with van der Waals surface area (Å²) < 4.78 is 57.8. The van der Waals surface area contributed by atoms with Gasteiger partial charge in [-0.05, 0) is 13.5 Å². The smallest absolute Gasteiger partial charge is 0.266 e. The predicted octanol–water partition coefficient (Wildman–Crippen LogP) is 2.75. The Morgan fingerprint density at radius 3 is 1.53 bits per heavy atom. The molecular formula is C20H44N2NaO7S2. The molecule has 1 radical (unpaired) electrons. The predicted molar refractivity (Wildman–Crippen MR) is 131 cm³/mol. The van der Waals surface area contributed by atoms with Gasteiger partial charge in [-0.15, -0.1) is 0 Å². The van der Waals surface area contributed by atoms with Crippen LogP contribution in [0.15, 0.2) is 0 Å². The fourth-order valence-corrected chi connectivity index (χ4v) is 3.71. The van der Waals surface area contributed by atoms with Crippen molar-refractivity contribution < 1.29 is 30.7 Å². The zero-order valence-electron chi connectivity index (χ0n) is 20.5. The summed E-state index contributed by atoms with van der Waals surface area (Å²) >= 11 is 0. The molecule has 0 aliphatic heterocycles. The monoisotopic (exact) mass is 511 g/mol. The van der Waals surface area contributed by atoms with Crippen molar-refractivity contribution in [3.05, 3.63) is 0 Å². The van der Waals surface area contributed by atoms with Crippen molar-refractivity contribution in [3.8, 4) is 0 Å². The maximum Gasteiger partial charge on any atom is 0.266 e. The molecule has 0 aliphatic carbocycles. The molecule has 0 rings (SSSR count). The maximum absolute atomic E-state index is 11.8. The van der Waals surface area contributed by atoms with Crippen LogP contribution >= 0.6 is 0 Å². The third kappa shape index (κ3) is 32.4. The van der Waals surface area contributed by atoms with Gasteiger partial charge in [0.05, 0.1) is 11.5 Å². The van der Waals surface area contributed by atoms with E-state index in [1.165, 1.54) is 56.3 Å². The molecule has 0 bridgehead atoms. The molecule has 0 fully saturated rings. The first-order valence-corrected chi connectivity index (χ1v) is 14.4. The minimum Gasteiger partial charge on any atom is -0.345 e. The van der Waals surface area contributed by atoms with E-state index in [2.05, 4.69) is 12.2 Å². The molecule has 0 aromatic carbocycles. The van der Waals surface area contributed by atoms with E-state index in [1.54, 1.807) is 14.1 Å². The van der Waals surface area contributed by atoms with Crippen LogP contribution in [-0.4, -0.2) is 105 Å². The molecule has 12 heteroatoms. The molecule has 1 amide bonds. The number of amides is 1. The average Bonchev–Trinajstić information content (AvgIpc) is 2.67. The van der Waals surface area contributed by atoms with E-state index in [0.717, 1.165) is 19.3 Å². The van der Waals surface area contributed by atoms with Crippen molar-refractivity contribution in [1.29, 1.82) is 0 Å². The van der Waals surface area contributed by atoms with Crippen LogP contribution in [0.5, 0.6) is 0 Å². The molecule has 0 unspecified atom stereocenters. The van der Waals surface area contributed by atoms with Gasteiger partial charge in [0.25, 0.3) is 20.2 Å². The van der Waals surface area contributed by atoms with Gasteiger partial charge in [-0.25, -0.2) is 0 Å². The first-order valence-electron chi connectivity index (χ1n) is 11.2. The Hall–Kier alpha value is 0.250. The zero-order valence-corrected chi connectivity index (χ0v) is 24.1. The van der Waals surface area contributed by atoms with E-state index >= 15 is 0 Å². The van der Waals surface area contributed by atoms with Crippen LogP contribution in [0.1, 0.15) is 84.0 Å². The molecule has 0 saturated heterocycles. The van der Waals surface area contributed by atoms with Crippen LogP contribution < -0.4 is 5.32 Å². The second-order valence-electron chi connectivity index (χ2n) is 7.78. The standard InChI is InChI=1S/C17H35NO4S.C3H9NO3S.Na/c1-3-4-5-6-7-8-9-10-11-12-13-14-17(19)18(2)15-16-23(20,21)22;1-4-2-3-8(5,6)7;/h3-16H2,1-2H3,(H,20,21,22);4H,2-3H2,1H3,(H,5,6,7);. The van der Waals surface area contributed by atoms with Crippen LogP contribution in [0.2, 0.25) is 0 Å². The molecule has 0 aliphatic rings.